The fourth-order valence-electron chi connectivity index (χ4n) is 2.45. The Labute approximate surface area is 124 Å². The highest BCUT2D eigenvalue weighted by Crippen LogP contribution is 2.26. The number of sulfonamides is 1. The Morgan fingerprint density at radius 3 is 2.76 bits per heavy atom. The van der Waals surface area contributed by atoms with E-state index in [0.717, 1.165) is 6.42 Å². The number of methoxy groups -OCH3 is 1. The van der Waals surface area contributed by atoms with Crippen LogP contribution in [0.25, 0.3) is 0 Å². The molecule has 2 atom stereocenters. The molecule has 2 unspecified atom stereocenters. The average molecular weight is 312 g/mol. The fourth-order valence-corrected chi connectivity index (χ4v) is 4.01. The van der Waals surface area contributed by atoms with Crippen LogP contribution in [0.2, 0.25) is 0 Å². The summed E-state index contributed by atoms with van der Waals surface area (Å²) in [6.07, 6.45) is 0.758. The topological polar surface area (TPSA) is 89.7 Å². The van der Waals surface area contributed by atoms with Crippen LogP contribution in [0.15, 0.2) is 29.2 Å². The van der Waals surface area contributed by atoms with Gasteiger partial charge < -0.3 is 10.5 Å². The van der Waals surface area contributed by atoms with Gasteiger partial charge in [-0.15, -0.1) is 0 Å². The van der Waals surface area contributed by atoms with Crippen molar-refractivity contribution in [3.8, 4) is 0 Å². The number of rotatable bonds is 4. The molecule has 1 saturated heterocycles. The lowest BCUT2D eigenvalue weighted by Gasteiger charge is -2.18. The van der Waals surface area contributed by atoms with Crippen molar-refractivity contribution < 1.29 is 17.9 Å². The molecule has 0 spiro atoms. The first-order valence-electron chi connectivity index (χ1n) is 6.80. The van der Waals surface area contributed by atoms with E-state index in [9.17, 15) is 13.2 Å². The Kier molecular flexibility index (Phi) is 4.65. The van der Waals surface area contributed by atoms with Crippen LogP contribution in [0.3, 0.4) is 0 Å². The predicted octanol–water partition coefficient (Wildman–Crippen LogP) is 0.831. The Bertz CT molecular complexity index is 628. The highest BCUT2D eigenvalue weighted by molar-refractivity contribution is 7.89. The lowest BCUT2D eigenvalue weighted by Crippen LogP contribution is -2.33. The van der Waals surface area contributed by atoms with Gasteiger partial charge in [0.25, 0.3) is 0 Å². The number of nitrogens with two attached hydrogens (primary N) is 1. The van der Waals surface area contributed by atoms with Crippen LogP contribution in [-0.2, 0) is 14.8 Å². The van der Waals surface area contributed by atoms with Gasteiger partial charge in [-0.3, -0.25) is 0 Å². The predicted molar refractivity (Wildman–Crippen MR) is 78.3 cm³/mol. The Morgan fingerprint density at radius 1 is 1.48 bits per heavy atom. The monoisotopic (exact) mass is 312 g/mol. The molecule has 1 fully saturated rings. The maximum atomic E-state index is 12.6. The van der Waals surface area contributed by atoms with Gasteiger partial charge in [-0.1, -0.05) is 6.07 Å². The minimum Gasteiger partial charge on any atom is -0.465 e. The van der Waals surface area contributed by atoms with E-state index in [4.69, 9.17) is 5.73 Å². The van der Waals surface area contributed by atoms with Crippen LogP contribution in [0.5, 0.6) is 0 Å². The minimum atomic E-state index is -3.60. The number of esters is 1. The van der Waals surface area contributed by atoms with Crippen molar-refractivity contribution in [2.75, 3.05) is 20.2 Å². The maximum absolute atomic E-state index is 12.6. The molecule has 1 aromatic carbocycles. The van der Waals surface area contributed by atoms with Crippen LogP contribution in [0, 0.1) is 5.92 Å². The van der Waals surface area contributed by atoms with E-state index >= 15 is 0 Å². The van der Waals surface area contributed by atoms with Gasteiger partial charge in [0, 0.05) is 19.1 Å². The molecule has 2 N–H and O–H groups in total. The number of carbonyl (C=O) groups excluding carboxylic acids is 1. The second kappa shape index (κ2) is 6.13. The smallest absolute Gasteiger partial charge is 0.337 e. The van der Waals surface area contributed by atoms with Gasteiger partial charge in [0.15, 0.2) is 0 Å². The average Bonchev–Trinajstić information content (AvgIpc) is 2.97. The Morgan fingerprint density at radius 2 is 2.19 bits per heavy atom. The van der Waals surface area contributed by atoms with E-state index in [1.54, 1.807) is 0 Å². The van der Waals surface area contributed by atoms with Gasteiger partial charge in [-0.2, -0.15) is 4.31 Å². The second-order valence-corrected chi connectivity index (χ2v) is 7.23. The van der Waals surface area contributed by atoms with Gasteiger partial charge in [0.05, 0.1) is 17.6 Å². The zero-order valence-electron chi connectivity index (χ0n) is 12.2. The van der Waals surface area contributed by atoms with Crippen LogP contribution >= 0.6 is 0 Å². The number of carbonyl (C=O) groups is 1. The molecule has 1 heterocycles. The molecule has 1 aromatic rings. The van der Waals surface area contributed by atoms with E-state index in [1.165, 1.54) is 35.7 Å². The molecule has 0 aromatic heterocycles. The molecule has 7 heteroatoms. The third kappa shape index (κ3) is 3.25. The lowest BCUT2D eigenvalue weighted by atomic mass is 10.0. The molecule has 0 saturated carbocycles. The van der Waals surface area contributed by atoms with Crippen LogP contribution < -0.4 is 5.73 Å². The summed E-state index contributed by atoms with van der Waals surface area (Å²) in [6.45, 7) is 2.76. The summed E-state index contributed by atoms with van der Waals surface area (Å²) in [5.74, 6) is -0.384. The van der Waals surface area contributed by atoms with E-state index < -0.39 is 16.0 Å². The summed E-state index contributed by atoms with van der Waals surface area (Å²) in [7, 11) is -2.34. The molecule has 0 bridgehead atoms. The molecule has 1 aliphatic heterocycles. The van der Waals surface area contributed by atoms with Gasteiger partial charge in [-0.05, 0) is 37.5 Å². The summed E-state index contributed by atoms with van der Waals surface area (Å²) in [5, 5.41) is 0. The number of nitrogens with zero attached hydrogens (tertiary/aromatic N) is 1. The van der Waals surface area contributed by atoms with E-state index in [2.05, 4.69) is 4.74 Å². The molecule has 1 aliphatic rings. The van der Waals surface area contributed by atoms with Crippen molar-refractivity contribution in [3.05, 3.63) is 29.8 Å². The standard InChI is InChI=1S/C14H20N2O4S/c1-10(15)12-6-7-16(9-12)21(18,19)13-5-3-4-11(8-13)14(17)20-2/h3-5,8,10,12H,6-7,9,15H2,1-2H3. The van der Waals surface area contributed by atoms with Crippen LogP contribution in [0.1, 0.15) is 23.7 Å². The number of ether oxygens (including phenoxy) is 1. The van der Waals surface area contributed by atoms with Gasteiger partial charge in [0.2, 0.25) is 10.0 Å². The first-order valence-corrected chi connectivity index (χ1v) is 8.24. The minimum absolute atomic E-state index is 0.0356. The molecular formula is C14H20N2O4S. The van der Waals surface area contributed by atoms with Crippen molar-refractivity contribution in [1.82, 2.24) is 4.31 Å². The maximum Gasteiger partial charge on any atom is 0.337 e. The molecule has 6 nitrogen and oxygen atoms in total. The third-order valence-electron chi connectivity index (χ3n) is 3.82. The summed E-state index contributed by atoms with van der Waals surface area (Å²) < 4.78 is 31.2. The zero-order chi connectivity index (χ0) is 15.6. The van der Waals surface area contributed by atoms with Crippen molar-refractivity contribution in [2.45, 2.75) is 24.3 Å². The van der Waals surface area contributed by atoms with E-state index in [-0.39, 0.29) is 22.4 Å². The second-order valence-electron chi connectivity index (χ2n) is 5.29. The summed E-state index contributed by atoms with van der Waals surface area (Å²) in [6, 6.07) is 5.87. The third-order valence-corrected chi connectivity index (χ3v) is 5.69. The largest absolute Gasteiger partial charge is 0.465 e. The normalized spacial score (nSPS) is 21.2. The molecule has 0 radical (unpaired) electrons. The highest BCUT2D eigenvalue weighted by Gasteiger charge is 2.34. The molecule has 0 aliphatic carbocycles. The zero-order valence-corrected chi connectivity index (χ0v) is 13.0. The van der Waals surface area contributed by atoms with Crippen LogP contribution in [-0.4, -0.2) is 44.9 Å². The molecule has 21 heavy (non-hydrogen) atoms. The van der Waals surface area contributed by atoms with Crippen molar-refractivity contribution in [1.29, 1.82) is 0 Å². The van der Waals surface area contributed by atoms with Gasteiger partial charge in [-0.25, -0.2) is 13.2 Å². The van der Waals surface area contributed by atoms with Crippen LogP contribution in [0.4, 0.5) is 0 Å². The van der Waals surface area contributed by atoms with Crippen molar-refractivity contribution in [2.24, 2.45) is 11.7 Å². The van der Waals surface area contributed by atoms with Crippen molar-refractivity contribution in [3.63, 3.8) is 0 Å². The lowest BCUT2D eigenvalue weighted by molar-refractivity contribution is 0.0600. The highest BCUT2D eigenvalue weighted by atomic mass is 32.2. The number of hydrogen-bond donors (Lipinski definition) is 1. The number of hydrogen-bond acceptors (Lipinski definition) is 5. The SMILES string of the molecule is COC(=O)c1cccc(S(=O)(=O)N2CCC(C(C)N)C2)c1. The van der Waals surface area contributed by atoms with E-state index in [0.29, 0.717) is 13.1 Å². The molecule has 116 valence electrons. The van der Waals surface area contributed by atoms with Gasteiger partial charge in [0.1, 0.15) is 0 Å². The summed E-state index contributed by atoms with van der Waals surface area (Å²) >= 11 is 0. The fraction of sp³-hybridized carbons (Fsp3) is 0.500. The molecule has 2 rings (SSSR count). The Hall–Kier alpha value is -1.44. The summed E-state index contributed by atoms with van der Waals surface area (Å²) in [5.41, 5.74) is 6.06. The van der Waals surface area contributed by atoms with E-state index in [1.807, 2.05) is 6.92 Å². The molecular weight excluding hydrogens is 292 g/mol. The first-order chi connectivity index (χ1) is 9.86. The number of benzene rings is 1. The van der Waals surface area contributed by atoms with Gasteiger partial charge >= 0.3 is 5.97 Å². The summed E-state index contributed by atoms with van der Waals surface area (Å²) in [4.78, 5) is 11.6. The quantitative estimate of drug-likeness (QED) is 0.832. The Balaban J connectivity index is 2.26. The first kappa shape index (κ1) is 15.9. The van der Waals surface area contributed by atoms with Crippen molar-refractivity contribution >= 4 is 16.0 Å². The molecule has 0 amide bonds.